The van der Waals surface area contributed by atoms with Crippen LogP contribution in [-0.4, -0.2) is 56.5 Å². The summed E-state index contributed by atoms with van der Waals surface area (Å²) < 4.78 is 16.1. The van der Waals surface area contributed by atoms with E-state index in [4.69, 9.17) is 14.2 Å². The van der Waals surface area contributed by atoms with Crippen molar-refractivity contribution in [2.75, 3.05) is 25.2 Å². The lowest BCUT2D eigenvalue weighted by molar-refractivity contribution is -0.116. The molecule has 224 valence electrons. The van der Waals surface area contributed by atoms with Gasteiger partial charge in [-0.05, 0) is 77.7 Å². The zero-order valence-electron chi connectivity index (χ0n) is 25.0. The first-order chi connectivity index (χ1) is 19.5. The number of rotatable bonds is 6. The van der Waals surface area contributed by atoms with Gasteiger partial charge >= 0.3 is 12.1 Å². The lowest BCUT2D eigenvalue weighted by Crippen LogP contribution is -2.47. The Balaban J connectivity index is 1.56. The average molecular weight is 585 g/mol. The number of methoxy groups -OCH3 is 1. The van der Waals surface area contributed by atoms with E-state index in [9.17, 15) is 14.4 Å². The molecule has 0 aromatic carbocycles. The molecule has 1 aromatic rings. The topological polar surface area (TPSA) is 94.2 Å². The second-order valence-electron chi connectivity index (χ2n) is 12.5. The van der Waals surface area contributed by atoms with Crippen LogP contribution in [0.25, 0.3) is 0 Å². The Morgan fingerprint density at radius 1 is 1.07 bits per heavy atom. The normalized spacial score (nSPS) is 23.4. The summed E-state index contributed by atoms with van der Waals surface area (Å²) in [7, 11) is 1.36. The van der Waals surface area contributed by atoms with Crippen LogP contribution < -0.4 is 10.2 Å². The maximum absolute atomic E-state index is 14.1. The third kappa shape index (κ3) is 8.59. The van der Waals surface area contributed by atoms with Crippen LogP contribution >= 0.6 is 11.3 Å². The average Bonchev–Trinajstić information content (AvgIpc) is 3.37. The van der Waals surface area contributed by atoms with E-state index in [1.165, 1.54) is 18.4 Å². The minimum absolute atomic E-state index is 0.0268. The minimum atomic E-state index is -0.468. The molecular weight excluding hydrogens is 540 g/mol. The number of amides is 2. The van der Waals surface area contributed by atoms with E-state index < -0.39 is 5.97 Å². The predicted molar refractivity (Wildman–Crippen MR) is 160 cm³/mol. The summed E-state index contributed by atoms with van der Waals surface area (Å²) in [6.45, 7) is 9.53. The van der Waals surface area contributed by atoms with Crippen LogP contribution in [-0.2, 0) is 19.0 Å². The number of ether oxygens (including phenoxy) is 3. The molecule has 0 bridgehead atoms. The first kappa shape index (κ1) is 31.1. The number of nitrogens with one attached hydrogen (secondary N) is 1. The molecule has 4 rings (SSSR count). The smallest absolute Gasteiger partial charge is 0.407 e. The van der Waals surface area contributed by atoms with Gasteiger partial charge in [-0.3, -0.25) is 4.79 Å². The van der Waals surface area contributed by atoms with Gasteiger partial charge in [0.25, 0.3) is 5.91 Å². The number of carbonyl (C=O) groups is 3. The second-order valence-corrected chi connectivity index (χ2v) is 13.5. The standard InChI is InChI=1S/C32H44N2O6S/c1-21-6-8-22(9-7-21)29(35)34(27-20-26(14-17-32(2,3)4)41-28(27)30(36)38-5)24-12-10-23(11-13-24)33-31(37)40-25-15-18-39-19-16-25/h8,20-21,23-25H,6-7,9-13,15-16,18-19H2,1-5H3,(H,33,37)/t21?,23-,24-. The van der Waals surface area contributed by atoms with Gasteiger partial charge in [-0.25, -0.2) is 9.59 Å². The summed E-state index contributed by atoms with van der Waals surface area (Å²) in [5, 5.41) is 3.03. The molecule has 41 heavy (non-hydrogen) atoms. The van der Waals surface area contributed by atoms with Gasteiger partial charge in [-0.15, -0.1) is 11.3 Å². The highest BCUT2D eigenvalue weighted by molar-refractivity contribution is 7.15. The van der Waals surface area contributed by atoms with Gasteiger partial charge in [0.05, 0.1) is 30.9 Å². The molecule has 1 aromatic heterocycles. The third-order valence-electron chi connectivity index (χ3n) is 7.90. The molecule has 3 aliphatic rings. The third-order valence-corrected chi connectivity index (χ3v) is 8.92. The molecular formula is C32H44N2O6S. The maximum Gasteiger partial charge on any atom is 0.407 e. The lowest BCUT2D eigenvalue weighted by atomic mass is 9.87. The van der Waals surface area contributed by atoms with Crippen molar-refractivity contribution >= 4 is 35.0 Å². The Hall–Kier alpha value is -2.83. The number of alkyl carbamates (subject to hydrolysis) is 1. The van der Waals surface area contributed by atoms with Gasteiger partial charge in [0.2, 0.25) is 0 Å². The van der Waals surface area contributed by atoms with Crippen molar-refractivity contribution in [3.8, 4) is 11.8 Å². The van der Waals surface area contributed by atoms with Gasteiger partial charge in [0.1, 0.15) is 11.0 Å². The number of allylic oxidation sites excluding steroid dienone is 1. The summed E-state index contributed by atoms with van der Waals surface area (Å²) in [5.74, 6) is 6.48. The molecule has 2 aliphatic carbocycles. The molecule has 0 spiro atoms. The van der Waals surface area contributed by atoms with E-state index in [2.05, 4.69) is 30.2 Å². The zero-order valence-corrected chi connectivity index (χ0v) is 25.9. The molecule has 1 aliphatic heterocycles. The Morgan fingerprint density at radius 3 is 2.39 bits per heavy atom. The fraction of sp³-hybridized carbons (Fsp3) is 0.656. The molecule has 8 nitrogen and oxygen atoms in total. The van der Waals surface area contributed by atoms with Gasteiger partial charge in [-0.1, -0.05) is 24.8 Å². The number of nitrogens with zero attached hydrogens (tertiary/aromatic N) is 1. The monoisotopic (exact) mass is 584 g/mol. The molecule has 1 N–H and O–H groups in total. The molecule has 2 amide bonds. The van der Waals surface area contributed by atoms with Crippen molar-refractivity contribution in [2.24, 2.45) is 11.3 Å². The van der Waals surface area contributed by atoms with Crippen LogP contribution in [0.3, 0.4) is 0 Å². The molecule has 2 fully saturated rings. The van der Waals surface area contributed by atoms with Crippen molar-refractivity contribution in [1.29, 1.82) is 0 Å². The molecule has 1 saturated carbocycles. The molecule has 0 radical (unpaired) electrons. The number of thiophene rings is 1. The highest BCUT2D eigenvalue weighted by Crippen LogP contribution is 2.38. The summed E-state index contributed by atoms with van der Waals surface area (Å²) in [5.41, 5.74) is 1.17. The van der Waals surface area contributed by atoms with Crippen LogP contribution in [0.15, 0.2) is 17.7 Å². The quantitative estimate of drug-likeness (QED) is 0.315. The summed E-state index contributed by atoms with van der Waals surface area (Å²) in [6.07, 6.45) is 8.37. The highest BCUT2D eigenvalue weighted by Gasteiger charge is 2.36. The number of hydrogen-bond donors (Lipinski definition) is 1. The van der Waals surface area contributed by atoms with Crippen molar-refractivity contribution in [1.82, 2.24) is 5.32 Å². The fourth-order valence-corrected chi connectivity index (χ4v) is 6.44. The number of carbonyl (C=O) groups excluding carboxylic acids is 3. The SMILES string of the molecule is COC(=O)c1sc(C#CC(C)(C)C)cc1N(C(=O)C1=CCC(C)CC1)[C@H]1CC[C@H](NC(=O)OC2CCOCC2)CC1. The lowest BCUT2D eigenvalue weighted by Gasteiger charge is -2.38. The van der Waals surface area contributed by atoms with E-state index >= 15 is 0 Å². The van der Waals surface area contributed by atoms with E-state index in [1.807, 2.05) is 31.7 Å². The summed E-state index contributed by atoms with van der Waals surface area (Å²) in [6, 6.07) is 1.73. The Labute approximate surface area is 248 Å². The van der Waals surface area contributed by atoms with Gasteiger partial charge in [0.15, 0.2) is 0 Å². The zero-order chi connectivity index (χ0) is 29.6. The molecule has 1 saturated heterocycles. The maximum atomic E-state index is 14.1. The van der Waals surface area contributed by atoms with Crippen LogP contribution in [0.1, 0.15) is 100 Å². The minimum Gasteiger partial charge on any atom is -0.465 e. The van der Waals surface area contributed by atoms with Gasteiger partial charge in [0, 0.05) is 35.9 Å². The summed E-state index contributed by atoms with van der Waals surface area (Å²) in [4.78, 5) is 42.6. The van der Waals surface area contributed by atoms with Crippen molar-refractivity contribution in [2.45, 2.75) is 104 Å². The Morgan fingerprint density at radius 2 is 1.78 bits per heavy atom. The van der Waals surface area contributed by atoms with Crippen LogP contribution in [0.5, 0.6) is 0 Å². The highest BCUT2D eigenvalue weighted by atomic mass is 32.1. The summed E-state index contributed by atoms with van der Waals surface area (Å²) >= 11 is 1.27. The Kier molecular flexibility index (Phi) is 10.5. The van der Waals surface area contributed by atoms with E-state index in [0.717, 1.165) is 42.6 Å². The van der Waals surface area contributed by atoms with Crippen molar-refractivity contribution in [3.63, 3.8) is 0 Å². The second kappa shape index (κ2) is 13.9. The number of esters is 1. The number of hydrogen-bond acceptors (Lipinski definition) is 7. The Bertz CT molecular complexity index is 1190. The molecule has 1 atom stereocenters. The first-order valence-corrected chi connectivity index (χ1v) is 15.7. The van der Waals surface area contributed by atoms with Crippen LogP contribution in [0.4, 0.5) is 10.5 Å². The fourth-order valence-electron chi connectivity index (χ4n) is 5.52. The largest absolute Gasteiger partial charge is 0.465 e. The van der Waals surface area contributed by atoms with E-state index in [-0.39, 0.29) is 35.6 Å². The van der Waals surface area contributed by atoms with E-state index in [0.29, 0.717) is 55.4 Å². The van der Waals surface area contributed by atoms with Crippen LogP contribution in [0.2, 0.25) is 0 Å². The van der Waals surface area contributed by atoms with Crippen LogP contribution in [0, 0.1) is 23.2 Å². The van der Waals surface area contributed by atoms with Gasteiger partial charge in [-0.2, -0.15) is 0 Å². The first-order valence-electron chi connectivity index (χ1n) is 14.9. The molecule has 2 heterocycles. The predicted octanol–water partition coefficient (Wildman–Crippen LogP) is 6.23. The van der Waals surface area contributed by atoms with E-state index in [1.54, 1.807) is 0 Å². The van der Waals surface area contributed by atoms with Crippen molar-refractivity contribution in [3.05, 3.63) is 27.5 Å². The molecule has 1 unspecified atom stereocenters. The number of anilines is 1. The molecule has 9 heteroatoms. The van der Waals surface area contributed by atoms with Gasteiger partial charge < -0.3 is 24.4 Å². The van der Waals surface area contributed by atoms with Crippen molar-refractivity contribution < 1.29 is 28.6 Å².